The normalized spacial score (nSPS) is 26.1. The first-order valence-electron chi connectivity index (χ1n) is 9.94. The van der Waals surface area contributed by atoms with Crippen molar-refractivity contribution in [3.63, 3.8) is 0 Å². The van der Waals surface area contributed by atoms with Crippen molar-refractivity contribution in [2.24, 2.45) is 20.7 Å². The monoisotopic (exact) mass is 492 g/mol. The Bertz CT molecular complexity index is 1230. The van der Waals surface area contributed by atoms with Crippen molar-refractivity contribution in [2.45, 2.75) is 16.9 Å². The summed E-state index contributed by atoms with van der Waals surface area (Å²) < 4.78 is 52.9. The predicted octanol–water partition coefficient (Wildman–Crippen LogP) is 0.762. The molecule has 3 N–H and O–H groups in total. The van der Waals surface area contributed by atoms with Gasteiger partial charge in [0.15, 0.2) is 0 Å². The summed E-state index contributed by atoms with van der Waals surface area (Å²) in [7, 11) is 0.0695. The van der Waals surface area contributed by atoms with Crippen molar-refractivity contribution in [3.05, 3.63) is 54.5 Å². The number of methoxy groups -OCH3 is 1. The number of fused-ring (bicyclic) bond motifs is 1. The first kappa shape index (κ1) is 25.1. The van der Waals surface area contributed by atoms with Crippen molar-refractivity contribution in [3.8, 4) is 0 Å². The molecule has 0 radical (unpaired) electrons. The number of carbonyl (C=O) groups is 1. The maximum Gasteiger partial charge on any atom is 0.273 e. The van der Waals surface area contributed by atoms with E-state index in [0.717, 1.165) is 10.4 Å². The van der Waals surface area contributed by atoms with Gasteiger partial charge in [-0.3, -0.25) is 9.79 Å². The van der Waals surface area contributed by atoms with Crippen LogP contribution in [-0.4, -0.2) is 75.9 Å². The zero-order valence-electron chi connectivity index (χ0n) is 18.9. The zero-order chi connectivity index (χ0) is 25.3. The fraction of sp³-hybridized carbons (Fsp3) is 0.333. The van der Waals surface area contributed by atoms with Gasteiger partial charge in [0.25, 0.3) is 5.91 Å². The summed E-state index contributed by atoms with van der Waals surface area (Å²) in [6, 6.07) is 3.69. The molecule has 0 spiro atoms. The Labute approximate surface area is 196 Å². The molecule has 2 aliphatic rings. The number of aliphatic imine (C=N–C) groups is 3. The molecule has 1 saturated heterocycles. The van der Waals surface area contributed by atoms with Crippen molar-refractivity contribution in [2.75, 3.05) is 33.1 Å². The molecule has 182 valence electrons. The molecule has 34 heavy (non-hydrogen) atoms. The Morgan fingerprint density at radius 1 is 1.50 bits per heavy atom. The molecule has 3 unspecified atom stereocenters. The molecule has 0 saturated carbocycles. The summed E-state index contributed by atoms with van der Waals surface area (Å²) in [4.78, 5) is 24.5. The van der Waals surface area contributed by atoms with Crippen LogP contribution in [0.4, 0.5) is 10.1 Å². The highest BCUT2D eigenvalue weighted by molar-refractivity contribution is 7.90. The van der Waals surface area contributed by atoms with E-state index in [1.165, 1.54) is 45.6 Å². The van der Waals surface area contributed by atoms with Gasteiger partial charge in [-0.25, -0.2) is 27.1 Å². The van der Waals surface area contributed by atoms with Crippen LogP contribution >= 0.6 is 0 Å². The van der Waals surface area contributed by atoms with Crippen molar-refractivity contribution in [1.82, 2.24) is 4.31 Å². The van der Waals surface area contributed by atoms with Crippen LogP contribution in [0.5, 0.6) is 0 Å². The Hall–Kier alpha value is -3.58. The molecule has 1 aromatic carbocycles. The van der Waals surface area contributed by atoms with E-state index < -0.39 is 38.6 Å². The summed E-state index contributed by atoms with van der Waals surface area (Å²) in [6.07, 6.45) is 1.59. The topological polar surface area (TPSA) is 148 Å². The number of ether oxygens (including phenoxy) is 2. The number of sulfonamides is 1. The van der Waals surface area contributed by atoms with Gasteiger partial charge < -0.3 is 20.5 Å². The van der Waals surface area contributed by atoms with E-state index in [2.05, 4.69) is 33.5 Å². The summed E-state index contributed by atoms with van der Waals surface area (Å²) in [5.74, 6) is -1.55. The predicted molar refractivity (Wildman–Crippen MR) is 127 cm³/mol. The Morgan fingerprint density at radius 2 is 2.21 bits per heavy atom. The van der Waals surface area contributed by atoms with Crippen LogP contribution < -0.4 is 11.1 Å². The van der Waals surface area contributed by atoms with E-state index >= 15 is 4.39 Å². The third kappa shape index (κ3) is 4.19. The van der Waals surface area contributed by atoms with Gasteiger partial charge in [-0.05, 0) is 18.2 Å². The molecular formula is C21H25FN6O5S. The maximum atomic E-state index is 15.1. The molecule has 1 aromatic rings. The van der Waals surface area contributed by atoms with E-state index in [0.29, 0.717) is 0 Å². The highest BCUT2D eigenvalue weighted by atomic mass is 32.2. The van der Waals surface area contributed by atoms with Crippen molar-refractivity contribution < 1.29 is 27.1 Å². The standard InChI is InChI=1S/C21H25FN6O5S/c1-6-16-18-21(11-33-16,27-20(23)28(4)34(18,30)31)14-9-13(7-8-15(14)22)26-19(29)12(2)25-10-17(24-3)32-5/h6-10,16,18H,1-2,11H2,3-5H3,(H2,23,27)(H,26,29). The number of anilines is 1. The van der Waals surface area contributed by atoms with Crippen molar-refractivity contribution >= 4 is 39.7 Å². The third-order valence-electron chi connectivity index (χ3n) is 5.55. The lowest BCUT2D eigenvalue weighted by atomic mass is 9.86. The van der Waals surface area contributed by atoms with E-state index in [4.69, 9.17) is 15.2 Å². The molecule has 1 fully saturated rings. The minimum absolute atomic E-state index is 0.104. The summed E-state index contributed by atoms with van der Waals surface area (Å²) in [5.41, 5.74) is 4.09. The van der Waals surface area contributed by atoms with Crippen LogP contribution in [0, 0.1) is 5.82 Å². The second-order valence-corrected chi connectivity index (χ2v) is 9.54. The first-order chi connectivity index (χ1) is 16.0. The second-order valence-electron chi connectivity index (χ2n) is 7.46. The summed E-state index contributed by atoms with van der Waals surface area (Å²) in [6.45, 7) is 6.95. The number of amides is 1. The second kappa shape index (κ2) is 9.35. The largest absolute Gasteiger partial charge is 0.480 e. The van der Waals surface area contributed by atoms with E-state index in [-0.39, 0.29) is 35.4 Å². The lowest BCUT2D eigenvalue weighted by Gasteiger charge is -2.39. The van der Waals surface area contributed by atoms with Crippen LogP contribution in [0.2, 0.25) is 0 Å². The lowest BCUT2D eigenvalue weighted by molar-refractivity contribution is -0.112. The van der Waals surface area contributed by atoms with Crippen LogP contribution in [0.3, 0.4) is 0 Å². The SMILES string of the molecule is C=CC1OCC2(c3cc(NC(=O)C(=C)N=CC(=NC)OC)ccc3F)N=C(N)N(C)S(=O)(=O)C12. The quantitative estimate of drug-likeness (QED) is 0.259. The van der Waals surface area contributed by atoms with Gasteiger partial charge in [0.1, 0.15) is 22.3 Å². The van der Waals surface area contributed by atoms with Crippen LogP contribution in [0.15, 0.2) is 58.1 Å². The van der Waals surface area contributed by atoms with Gasteiger partial charge >= 0.3 is 0 Å². The van der Waals surface area contributed by atoms with E-state index in [1.54, 1.807) is 0 Å². The van der Waals surface area contributed by atoms with Gasteiger partial charge in [-0.15, -0.1) is 6.58 Å². The fourth-order valence-corrected chi connectivity index (χ4v) is 5.68. The fourth-order valence-electron chi connectivity index (χ4n) is 3.77. The van der Waals surface area contributed by atoms with Crippen LogP contribution in [0.25, 0.3) is 0 Å². The number of hydrogen-bond donors (Lipinski definition) is 2. The summed E-state index contributed by atoms with van der Waals surface area (Å²) >= 11 is 0. The molecular weight excluding hydrogens is 467 g/mol. The van der Waals surface area contributed by atoms with Crippen LogP contribution in [-0.2, 0) is 29.8 Å². The number of nitrogens with two attached hydrogens (primary N) is 1. The van der Waals surface area contributed by atoms with Gasteiger partial charge in [0.2, 0.25) is 21.9 Å². The average Bonchev–Trinajstić information content (AvgIpc) is 3.19. The number of carbonyl (C=O) groups excluding carboxylic acids is 1. The number of nitrogens with one attached hydrogen (secondary N) is 1. The molecule has 0 aromatic heterocycles. The number of guanidine groups is 1. The minimum Gasteiger partial charge on any atom is -0.480 e. The number of hydrogen-bond acceptors (Lipinski definition) is 9. The van der Waals surface area contributed by atoms with Gasteiger partial charge in [0, 0.05) is 25.3 Å². The Kier molecular flexibility index (Phi) is 6.89. The third-order valence-corrected chi connectivity index (χ3v) is 7.80. The Balaban J connectivity index is 2.01. The van der Waals surface area contributed by atoms with Gasteiger partial charge in [0.05, 0.1) is 26.0 Å². The highest BCUT2D eigenvalue weighted by Gasteiger charge is 2.61. The molecule has 2 heterocycles. The molecule has 3 atom stereocenters. The van der Waals surface area contributed by atoms with Crippen LogP contribution in [0.1, 0.15) is 5.56 Å². The number of rotatable bonds is 6. The maximum absolute atomic E-state index is 15.1. The molecule has 13 heteroatoms. The molecule has 0 bridgehead atoms. The summed E-state index contributed by atoms with van der Waals surface area (Å²) in [5, 5.41) is 1.24. The number of benzene rings is 1. The smallest absolute Gasteiger partial charge is 0.273 e. The first-order valence-corrected chi connectivity index (χ1v) is 11.4. The minimum atomic E-state index is -4.07. The molecule has 1 amide bonds. The molecule has 2 aliphatic heterocycles. The van der Waals surface area contributed by atoms with Gasteiger partial charge in [-0.2, -0.15) is 0 Å². The van der Waals surface area contributed by atoms with E-state index in [1.807, 2.05) is 0 Å². The molecule has 3 rings (SSSR count). The van der Waals surface area contributed by atoms with E-state index in [9.17, 15) is 13.2 Å². The zero-order valence-corrected chi connectivity index (χ0v) is 19.7. The van der Waals surface area contributed by atoms with Crippen molar-refractivity contribution in [1.29, 1.82) is 0 Å². The highest BCUT2D eigenvalue weighted by Crippen LogP contribution is 2.46. The lowest BCUT2D eigenvalue weighted by Crippen LogP contribution is -2.58. The molecule has 11 nitrogen and oxygen atoms in total. The molecule has 0 aliphatic carbocycles. The number of nitrogens with zero attached hydrogens (tertiary/aromatic N) is 4. The van der Waals surface area contributed by atoms with Gasteiger partial charge in [-0.1, -0.05) is 12.7 Å². The average molecular weight is 493 g/mol. The number of halogens is 1. The Morgan fingerprint density at radius 3 is 2.82 bits per heavy atom.